The summed E-state index contributed by atoms with van der Waals surface area (Å²) in [6, 6.07) is 3.74. The van der Waals surface area contributed by atoms with Crippen molar-refractivity contribution in [3.8, 4) is 5.75 Å². The monoisotopic (exact) mass is 240 g/mol. The standard InChI is InChI=1S/C13H17ClO2/c1-4-11-12(9(2)5-6-15)7-10(14)8-13(11)16-3/h6-9H,4-5H2,1-3H3. The van der Waals surface area contributed by atoms with Crippen molar-refractivity contribution in [2.45, 2.75) is 32.6 Å². The molecule has 0 N–H and O–H groups in total. The number of rotatable bonds is 5. The molecule has 0 spiro atoms. The van der Waals surface area contributed by atoms with Crippen LogP contribution < -0.4 is 4.74 Å². The normalized spacial score (nSPS) is 12.2. The van der Waals surface area contributed by atoms with Crippen LogP contribution in [-0.2, 0) is 11.2 Å². The molecule has 1 rings (SSSR count). The van der Waals surface area contributed by atoms with Crippen molar-refractivity contribution in [1.82, 2.24) is 0 Å². The number of hydrogen-bond donors (Lipinski definition) is 0. The van der Waals surface area contributed by atoms with Gasteiger partial charge in [-0.25, -0.2) is 0 Å². The second-order valence-corrected chi connectivity index (χ2v) is 4.27. The molecule has 3 heteroatoms. The lowest BCUT2D eigenvalue weighted by Crippen LogP contribution is -2.02. The maximum absolute atomic E-state index is 10.6. The molecule has 0 heterocycles. The van der Waals surface area contributed by atoms with E-state index in [0.29, 0.717) is 11.4 Å². The van der Waals surface area contributed by atoms with Crippen LogP contribution in [0.25, 0.3) is 0 Å². The first-order valence-corrected chi connectivity index (χ1v) is 5.81. The average Bonchev–Trinajstić information content (AvgIpc) is 2.28. The number of hydrogen-bond acceptors (Lipinski definition) is 2. The van der Waals surface area contributed by atoms with Crippen LogP contribution in [0.3, 0.4) is 0 Å². The van der Waals surface area contributed by atoms with E-state index in [1.54, 1.807) is 7.11 Å². The molecule has 0 saturated heterocycles. The Morgan fingerprint density at radius 2 is 2.19 bits per heavy atom. The van der Waals surface area contributed by atoms with Gasteiger partial charge in [0.1, 0.15) is 12.0 Å². The SMILES string of the molecule is CCc1c(OC)cc(Cl)cc1C(C)CC=O. The minimum absolute atomic E-state index is 0.181. The Labute approximate surface area is 102 Å². The number of methoxy groups -OCH3 is 1. The van der Waals surface area contributed by atoms with Crippen LogP contribution in [0.4, 0.5) is 0 Å². The summed E-state index contributed by atoms with van der Waals surface area (Å²) in [5.74, 6) is 0.989. The molecule has 0 bridgehead atoms. The number of carbonyl (C=O) groups excluding carboxylic acids is 1. The summed E-state index contributed by atoms with van der Waals surface area (Å²) in [5, 5.41) is 0.654. The second kappa shape index (κ2) is 5.90. The summed E-state index contributed by atoms with van der Waals surface area (Å²) < 4.78 is 5.31. The van der Waals surface area contributed by atoms with Crippen LogP contribution in [0.5, 0.6) is 5.75 Å². The molecule has 88 valence electrons. The van der Waals surface area contributed by atoms with Gasteiger partial charge in [-0.15, -0.1) is 0 Å². The lowest BCUT2D eigenvalue weighted by Gasteiger charge is -2.17. The van der Waals surface area contributed by atoms with Crippen molar-refractivity contribution >= 4 is 17.9 Å². The molecule has 0 saturated carbocycles. The van der Waals surface area contributed by atoms with E-state index in [1.165, 1.54) is 0 Å². The highest BCUT2D eigenvalue weighted by Crippen LogP contribution is 2.33. The molecule has 2 nitrogen and oxygen atoms in total. The molecule has 16 heavy (non-hydrogen) atoms. The first kappa shape index (κ1) is 13.0. The minimum atomic E-state index is 0.181. The van der Waals surface area contributed by atoms with E-state index in [4.69, 9.17) is 16.3 Å². The Morgan fingerprint density at radius 3 is 2.69 bits per heavy atom. The molecule has 0 amide bonds. The third-order valence-electron chi connectivity index (χ3n) is 2.76. The Bertz CT molecular complexity index is 374. The summed E-state index contributed by atoms with van der Waals surface area (Å²) in [7, 11) is 1.64. The van der Waals surface area contributed by atoms with E-state index in [0.717, 1.165) is 29.6 Å². The quantitative estimate of drug-likeness (QED) is 0.735. The molecule has 0 aliphatic heterocycles. The third-order valence-corrected chi connectivity index (χ3v) is 2.98. The number of benzene rings is 1. The molecule has 1 aromatic rings. The molecule has 1 aromatic carbocycles. The van der Waals surface area contributed by atoms with E-state index >= 15 is 0 Å². The van der Waals surface area contributed by atoms with Gasteiger partial charge in [0.05, 0.1) is 7.11 Å². The van der Waals surface area contributed by atoms with E-state index in [2.05, 4.69) is 6.92 Å². The summed E-state index contributed by atoms with van der Waals surface area (Å²) in [4.78, 5) is 10.6. The fraction of sp³-hybridized carbons (Fsp3) is 0.462. The fourth-order valence-electron chi connectivity index (χ4n) is 1.90. The Hall–Kier alpha value is -1.02. The van der Waals surface area contributed by atoms with Gasteiger partial charge < -0.3 is 9.53 Å². The highest BCUT2D eigenvalue weighted by Gasteiger charge is 2.14. The van der Waals surface area contributed by atoms with Gasteiger partial charge in [-0.05, 0) is 35.6 Å². The number of halogens is 1. The van der Waals surface area contributed by atoms with Gasteiger partial charge in [0.15, 0.2) is 0 Å². The molecule has 0 aliphatic rings. The Morgan fingerprint density at radius 1 is 1.50 bits per heavy atom. The zero-order valence-electron chi connectivity index (χ0n) is 9.92. The maximum Gasteiger partial charge on any atom is 0.123 e. The zero-order valence-corrected chi connectivity index (χ0v) is 10.7. The van der Waals surface area contributed by atoms with Crippen molar-refractivity contribution in [3.63, 3.8) is 0 Å². The Balaban J connectivity index is 3.24. The van der Waals surface area contributed by atoms with Gasteiger partial charge in [-0.1, -0.05) is 25.4 Å². The summed E-state index contributed by atoms with van der Waals surface area (Å²) in [5.41, 5.74) is 2.25. The first-order valence-electron chi connectivity index (χ1n) is 5.43. The van der Waals surface area contributed by atoms with Gasteiger partial charge in [0, 0.05) is 11.4 Å². The van der Waals surface area contributed by atoms with Gasteiger partial charge in [-0.2, -0.15) is 0 Å². The molecular formula is C13H17ClO2. The highest BCUT2D eigenvalue weighted by atomic mass is 35.5. The van der Waals surface area contributed by atoms with Crippen molar-refractivity contribution < 1.29 is 9.53 Å². The molecule has 0 radical (unpaired) electrons. The fourth-order valence-corrected chi connectivity index (χ4v) is 2.12. The molecule has 0 aliphatic carbocycles. The summed E-state index contributed by atoms with van der Waals surface area (Å²) in [6.07, 6.45) is 2.33. The average molecular weight is 241 g/mol. The molecule has 1 atom stereocenters. The van der Waals surface area contributed by atoms with Crippen LogP contribution in [0, 0.1) is 0 Å². The van der Waals surface area contributed by atoms with Crippen molar-refractivity contribution in [1.29, 1.82) is 0 Å². The third kappa shape index (κ3) is 2.76. The first-order chi connectivity index (χ1) is 7.63. The van der Waals surface area contributed by atoms with Gasteiger partial charge in [0.25, 0.3) is 0 Å². The maximum atomic E-state index is 10.6. The topological polar surface area (TPSA) is 26.3 Å². The van der Waals surface area contributed by atoms with E-state index < -0.39 is 0 Å². The van der Waals surface area contributed by atoms with Gasteiger partial charge in [0.2, 0.25) is 0 Å². The summed E-state index contributed by atoms with van der Waals surface area (Å²) in [6.45, 7) is 4.10. The van der Waals surface area contributed by atoms with Crippen molar-refractivity contribution in [2.75, 3.05) is 7.11 Å². The van der Waals surface area contributed by atoms with E-state index in [1.807, 2.05) is 19.1 Å². The predicted octanol–water partition coefficient (Wildman–Crippen LogP) is 3.60. The van der Waals surface area contributed by atoms with Crippen molar-refractivity contribution in [2.24, 2.45) is 0 Å². The molecular weight excluding hydrogens is 224 g/mol. The molecule has 0 aromatic heterocycles. The Kier molecular flexibility index (Phi) is 4.81. The van der Waals surface area contributed by atoms with Crippen LogP contribution in [0.1, 0.15) is 37.3 Å². The zero-order chi connectivity index (χ0) is 12.1. The summed E-state index contributed by atoms with van der Waals surface area (Å²) >= 11 is 6.03. The van der Waals surface area contributed by atoms with Gasteiger partial charge >= 0.3 is 0 Å². The lowest BCUT2D eigenvalue weighted by atomic mass is 9.92. The molecule has 0 fully saturated rings. The van der Waals surface area contributed by atoms with Crippen LogP contribution in [0.15, 0.2) is 12.1 Å². The van der Waals surface area contributed by atoms with Crippen LogP contribution in [-0.4, -0.2) is 13.4 Å². The lowest BCUT2D eigenvalue weighted by molar-refractivity contribution is -0.108. The smallest absolute Gasteiger partial charge is 0.123 e. The largest absolute Gasteiger partial charge is 0.496 e. The number of aldehydes is 1. The van der Waals surface area contributed by atoms with Crippen molar-refractivity contribution in [3.05, 3.63) is 28.3 Å². The minimum Gasteiger partial charge on any atom is -0.496 e. The number of ether oxygens (including phenoxy) is 1. The number of carbonyl (C=O) groups is 1. The van der Waals surface area contributed by atoms with Gasteiger partial charge in [-0.3, -0.25) is 0 Å². The van der Waals surface area contributed by atoms with E-state index in [9.17, 15) is 4.79 Å². The highest BCUT2D eigenvalue weighted by molar-refractivity contribution is 6.30. The molecule has 1 unspecified atom stereocenters. The second-order valence-electron chi connectivity index (χ2n) is 3.83. The van der Waals surface area contributed by atoms with E-state index in [-0.39, 0.29) is 5.92 Å². The van der Waals surface area contributed by atoms with Crippen LogP contribution >= 0.6 is 11.6 Å². The predicted molar refractivity (Wildman–Crippen MR) is 66.5 cm³/mol. The van der Waals surface area contributed by atoms with Crippen LogP contribution in [0.2, 0.25) is 5.02 Å².